The number of fused-ring (bicyclic) bond motifs is 2. The van der Waals surface area contributed by atoms with Crippen molar-refractivity contribution < 1.29 is 14.3 Å². The third kappa shape index (κ3) is 3.69. The smallest absolute Gasteiger partial charge is 0.411 e. The van der Waals surface area contributed by atoms with Gasteiger partial charge >= 0.3 is 6.09 Å². The first-order valence-corrected chi connectivity index (χ1v) is 10.4. The monoisotopic (exact) mass is 426 g/mol. The largest absolute Gasteiger partial charge is 0.445 e. The molecule has 0 radical (unpaired) electrons. The lowest BCUT2D eigenvalue weighted by Crippen LogP contribution is -2.39. The Morgan fingerprint density at radius 3 is 2.53 bits per heavy atom. The van der Waals surface area contributed by atoms with E-state index in [-0.39, 0.29) is 12.6 Å². The number of nitrogens with one attached hydrogen (secondary N) is 1. The maximum Gasteiger partial charge on any atom is 0.411 e. The van der Waals surface area contributed by atoms with Gasteiger partial charge in [-0.1, -0.05) is 60.7 Å². The Kier molecular flexibility index (Phi) is 5.07. The van der Waals surface area contributed by atoms with Crippen LogP contribution in [0.15, 0.2) is 72.8 Å². The Balaban J connectivity index is 1.49. The number of carbonyl (C=O) groups is 2. The van der Waals surface area contributed by atoms with Crippen LogP contribution in [0.5, 0.6) is 0 Å². The number of rotatable bonds is 4. The zero-order valence-corrected chi connectivity index (χ0v) is 17.3. The minimum atomic E-state index is -0.540. The number of hydrogen-bond acceptors (Lipinski definition) is 4. The normalized spacial score (nSPS) is 15.4. The van der Waals surface area contributed by atoms with Gasteiger partial charge < -0.3 is 15.5 Å². The average molecular weight is 426 g/mol. The molecule has 0 saturated heterocycles. The van der Waals surface area contributed by atoms with Gasteiger partial charge in [0.1, 0.15) is 17.9 Å². The van der Waals surface area contributed by atoms with Gasteiger partial charge in [0.25, 0.3) is 5.91 Å². The number of nitrogens with two attached hydrogens (primary N) is 1. The van der Waals surface area contributed by atoms with E-state index in [4.69, 9.17) is 10.5 Å². The van der Waals surface area contributed by atoms with Crippen LogP contribution in [0.3, 0.4) is 0 Å². The summed E-state index contributed by atoms with van der Waals surface area (Å²) in [5.41, 5.74) is 10.2. The Morgan fingerprint density at radius 1 is 1.00 bits per heavy atom. The van der Waals surface area contributed by atoms with Crippen molar-refractivity contribution in [1.82, 2.24) is 14.9 Å². The SMILES string of the molecule is NC(=O)c1cccc2[nH]c([C@H]3Cc4ccccc4CN3C(=O)OCc3ccccc3)nc12. The zero-order valence-electron chi connectivity index (χ0n) is 17.3. The van der Waals surface area contributed by atoms with Gasteiger partial charge in [-0.15, -0.1) is 0 Å². The Hall–Kier alpha value is -4.13. The summed E-state index contributed by atoms with van der Waals surface area (Å²) in [6.07, 6.45) is 0.173. The third-order valence-corrected chi connectivity index (χ3v) is 5.80. The molecule has 0 saturated carbocycles. The molecule has 1 atom stereocenters. The Morgan fingerprint density at radius 2 is 1.75 bits per heavy atom. The van der Waals surface area contributed by atoms with E-state index in [0.29, 0.717) is 35.4 Å². The molecule has 0 fully saturated rings. The number of benzene rings is 3. The zero-order chi connectivity index (χ0) is 22.1. The van der Waals surface area contributed by atoms with E-state index in [0.717, 1.165) is 16.7 Å². The predicted molar refractivity (Wildman–Crippen MR) is 120 cm³/mol. The van der Waals surface area contributed by atoms with Crippen LogP contribution in [0.4, 0.5) is 4.79 Å². The van der Waals surface area contributed by atoms with Crippen molar-refractivity contribution >= 4 is 23.0 Å². The molecule has 1 aromatic heterocycles. The van der Waals surface area contributed by atoms with Gasteiger partial charge in [-0.05, 0) is 28.8 Å². The first-order valence-electron chi connectivity index (χ1n) is 10.4. The summed E-state index contributed by atoms with van der Waals surface area (Å²) >= 11 is 0. The molecule has 1 aliphatic heterocycles. The Bertz CT molecular complexity index is 1300. The topological polar surface area (TPSA) is 101 Å². The van der Waals surface area contributed by atoms with Crippen molar-refractivity contribution in [3.8, 4) is 0 Å². The van der Waals surface area contributed by atoms with Gasteiger partial charge in [-0.25, -0.2) is 9.78 Å². The molecule has 32 heavy (non-hydrogen) atoms. The standard InChI is InChI=1S/C25H22N4O3/c26-23(30)19-11-6-12-20-22(19)28-24(27-20)21-13-17-9-4-5-10-18(17)14-29(21)25(31)32-15-16-7-2-1-3-8-16/h1-12,21H,13-15H2,(H2,26,30)(H,27,28)/t21-/m1/s1. The molecule has 160 valence electrons. The average Bonchev–Trinajstić information content (AvgIpc) is 3.26. The molecule has 3 N–H and O–H groups in total. The molecule has 4 aromatic rings. The minimum absolute atomic E-state index is 0.191. The molecular formula is C25H22N4O3. The molecule has 7 heteroatoms. The molecule has 2 amide bonds. The van der Waals surface area contributed by atoms with Crippen LogP contribution in [0.25, 0.3) is 11.0 Å². The first kappa shape index (κ1) is 19.8. The second kappa shape index (κ2) is 8.19. The molecule has 7 nitrogen and oxygen atoms in total. The molecule has 5 rings (SSSR count). The van der Waals surface area contributed by atoms with Crippen molar-refractivity contribution in [2.45, 2.75) is 25.6 Å². The molecule has 1 aliphatic rings. The second-order valence-electron chi connectivity index (χ2n) is 7.84. The lowest BCUT2D eigenvalue weighted by molar-refractivity contribution is 0.0712. The molecule has 0 aliphatic carbocycles. The van der Waals surface area contributed by atoms with Crippen molar-refractivity contribution in [2.75, 3.05) is 0 Å². The molecular weight excluding hydrogens is 404 g/mol. The lowest BCUT2D eigenvalue weighted by atomic mass is 9.94. The summed E-state index contributed by atoms with van der Waals surface area (Å²) in [7, 11) is 0. The highest BCUT2D eigenvalue weighted by molar-refractivity contribution is 6.04. The molecule has 3 aromatic carbocycles. The van der Waals surface area contributed by atoms with E-state index in [9.17, 15) is 9.59 Å². The van der Waals surface area contributed by atoms with Crippen LogP contribution < -0.4 is 5.73 Å². The van der Waals surface area contributed by atoms with Crippen molar-refractivity contribution in [3.63, 3.8) is 0 Å². The van der Waals surface area contributed by atoms with Crippen LogP contribution in [-0.2, 0) is 24.3 Å². The number of H-pyrrole nitrogens is 1. The van der Waals surface area contributed by atoms with Crippen LogP contribution in [0.1, 0.15) is 38.9 Å². The molecule has 2 heterocycles. The van der Waals surface area contributed by atoms with E-state index in [2.05, 4.69) is 16.0 Å². The summed E-state index contributed by atoms with van der Waals surface area (Å²) in [5.74, 6) is 0.0571. The number of imidazole rings is 1. The van der Waals surface area contributed by atoms with Crippen molar-refractivity contribution in [1.29, 1.82) is 0 Å². The number of para-hydroxylation sites is 1. The number of hydrogen-bond donors (Lipinski definition) is 2. The first-order chi connectivity index (χ1) is 15.6. The van der Waals surface area contributed by atoms with Gasteiger partial charge in [0.05, 0.1) is 23.7 Å². The molecule has 0 bridgehead atoms. The Labute approximate surface area is 184 Å². The number of aromatic nitrogens is 2. The van der Waals surface area contributed by atoms with Crippen LogP contribution >= 0.6 is 0 Å². The predicted octanol–water partition coefficient (Wildman–Crippen LogP) is 4.10. The molecule has 0 spiro atoms. The number of ether oxygens (including phenoxy) is 1. The van der Waals surface area contributed by atoms with Gasteiger partial charge in [-0.2, -0.15) is 0 Å². The van der Waals surface area contributed by atoms with E-state index in [1.165, 1.54) is 0 Å². The van der Waals surface area contributed by atoms with Gasteiger partial charge in [0.2, 0.25) is 0 Å². The van der Waals surface area contributed by atoms with Crippen LogP contribution in [0, 0.1) is 0 Å². The lowest BCUT2D eigenvalue weighted by Gasteiger charge is -2.35. The number of carbonyl (C=O) groups excluding carboxylic acids is 2. The summed E-state index contributed by atoms with van der Waals surface area (Å²) < 4.78 is 5.64. The van der Waals surface area contributed by atoms with Crippen molar-refractivity contribution in [2.24, 2.45) is 5.73 Å². The summed E-state index contributed by atoms with van der Waals surface area (Å²) in [5, 5.41) is 0. The number of nitrogens with zero attached hydrogens (tertiary/aromatic N) is 2. The van der Waals surface area contributed by atoms with Crippen LogP contribution in [0.2, 0.25) is 0 Å². The number of amides is 2. The fourth-order valence-electron chi connectivity index (χ4n) is 4.17. The molecule has 0 unspecified atom stereocenters. The fourth-order valence-corrected chi connectivity index (χ4v) is 4.17. The van der Waals surface area contributed by atoms with E-state index < -0.39 is 12.0 Å². The third-order valence-electron chi connectivity index (χ3n) is 5.80. The highest BCUT2D eigenvalue weighted by atomic mass is 16.6. The minimum Gasteiger partial charge on any atom is -0.445 e. The summed E-state index contributed by atoms with van der Waals surface area (Å²) in [4.78, 5) is 34.6. The quantitative estimate of drug-likeness (QED) is 0.513. The highest BCUT2D eigenvalue weighted by Crippen LogP contribution is 2.34. The highest BCUT2D eigenvalue weighted by Gasteiger charge is 2.34. The summed E-state index contributed by atoms with van der Waals surface area (Å²) in [6.45, 7) is 0.602. The summed E-state index contributed by atoms with van der Waals surface area (Å²) in [6, 6.07) is 22.5. The van der Waals surface area contributed by atoms with Crippen LogP contribution in [-0.4, -0.2) is 26.9 Å². The number of primary amides is 1. The van der Waals surface area contributed by atoms with Gasteiger partial charge in [-0.3, -0.25) is 9.69 Å². The van der Waals surface area contributed by atoms with Crippen molar-refractivity contribution in [3.05, 3.63) is 101 Å². The second-order valence-corrected chi connectivity index (χ2v) is 7.84. The van der Waals surface area contributed by atoms with E-state index in [1.807, 2.05) is 54.6 Å². The van der Waals surface area contributed by atoms with Gasteiger partial charge in [0.15, 0.2) is 0 Å². The van der Waals surface area contributed by atoms with E-state index >= 15 is 0 Å². The maximum atomic E-state index is 13.1. The van der Waals surface area contributed by atoms with Gasteiger partial charge in [0, 0.05) is 6.42 Å². The number of aromatic amines is 1. The maximum absolute atomic E-state index is 13.1. The van der Waals surface area contributed by atoms with E-state index in [1.54, 1.807) is 17.0 Å². The fraction of sp³-hybridized carbons (Fsp3) is 0.160.